The number of carbonyl (C=O) groups excluding carboxylic acids is 1. The monoisotopic (exact) mass is 515 g/mol. The summed E-state index contributed by atoms with van der Waals surface area (Å²) < 4.78 is 7.88. The number of benzene rings is 1. The molecule has 2 aromatic rings. The third kappa shape index (κ3) is 4.22. The van der Waals surface area contributed by atoms with E-state index in [9.17, 15) is 4.79 Å². The number of carbonyl (C=O) groups is 1. The number of amides is 1. The van der Waals surface area contributed by atoms with Crippen LogP contribution in [0.3, 0.4) is 0 Å². The van der Waals surface area contributed by atoms with E-state index in [2.05, 4.69) is 53.1 Å². The van der Waals surface area contributed by atoms with E-state index in [0.717, 1.165) is 7.57 Å². The smallest absolute Gasteiger partial charge is 0.257 e. The van der Waals surface area contributed by atoms with Gasteiger partial charge in [0, 0.05) is 5.02 Å². The van der Waals surface area contributed by atoms with E-state index in [-0.39, 0.29) is 5.91 Å². The van der Waals surface area contributed by atoms with Gasteiger partial charge in [0.25, 0.3) is 5.91 Å². The Bertz CT molecular complexity index is 690. The summed E-state index contributed by atoms with van der Waals surface area (Å²) in [6.45, 7) is 2.36. The zero-order chi connectivity index (χ0) is 15.6. The first-order chi connectivity index (χ1) is 9.92. The van der Waals surface area contributed by atoms with Crippen molar-refractivity contribution in [3.05, 3.63) is 40.8 Å². The summed E-state index contributed by atoms with van der Waals surface area (Å²) in [5, 5.41) is 3.33. The maximum Gasteiger partial charge on any atom is 0.257 e. The molecule has 0 bridgehead atoms. The van der Waals surface area contributed by atoms with Gasteiger partial charge in [-0.25, -0.2) is 0 Å². The molecule has 0 fully saturated rings. The van der Waals surface area contributed by atoms with Crippen LogP contribution in [0.4, 0.5) is 5.69 Å². The van der Waals surface area contributed by atoms with Crippen molar-refractivity contribution in [1.29, 1.82) is 0 Å². The van der Waals surface area contributed by atoms with E-state index in [1.165, 1.54) is 11.3 Å². The lowest BCUT2D eigenvalue weighted by Gasteiger charge is -2.13. The fourth-order valence-corrected chi connectivity index (χ4v) is 5.35. The Morgan fingerprint density at radius 1 is 1.33 bits per heavy atom. The zero-order valence-electron chi connectivity index (χ0n) is 10.7. The van der Waals surface area contributed by atoms with Crippen LogP contribution in [-0.4, -0.2) is 12.5 Å². The molecular formula is C13H9Br3ClNO2S. The van der Waals surface area contributed by atoms with Gasteiger partial charge in [-0.2, -0.15) is 0 Å². The van der Waals surface area contributed by atoms with E-state index < -0.39 is 0 Å². The van der Waals surface area contributed by atoms with Crippen LogP contribution < -0.4 is 10.1 Å². The third-order valence-electron chi connectivity index (χ3n) is 2.45. The molecule has 0 atom stereocenters. The normalized spacial score (nSPS) is 10.5. The van der Waals surface area contributed by atoms with Crippen molar-refractivity contribution >= 4 is 82.3 Å². The standard InChI is InChI=1S/C13H9Br3ClNO2S/c1-2-20-11-8(14)3-6(17)4-9(11)18-13(19)7-5-10(15)21-12(7)16/h3-5H,2H2,1H3,(H,18,19). The SMILES string of the molecule is CCOc1c(Br)cc(Cl)cc1NC(=O)c1cc(Br)sc1Br. The average Bonchev–Trinajstić information content (AvgIpc) is 2.72. The van der Waals surface area contributed by atoms with Gasteiger partial charge in [-0.3, -0.25) is 4.79 Å². The Morgan fingerprint density at radius 3 is 2.62 bits per heavy atom. The fourth-order valence-electron chi connectivity index (χ4n) is 1.63. The first-order valence-corrected chi connectivity index (χ1v) is 9.37. The van der Waals surface area contributed by atoms with Crippen LogP contribution >= 0.6 is 70.7 Å². The molecule has 0 aliphatic rings. The van der Waals surface area contributed by atoms with Crippen molar-refractivity contribution in [3.63, 3.8) is 0 Å². The summed E-state index contributed by atoms with van der Waals surface area (Å²) in [5.41, 5.74) is 1.07. The minimum Gasteiger partial charge on any atom is -0.491 e. The number of hydrogen-bond acceptors (Lipinski definition) is 3. The summed E-state index contributed by atoms with van der Waals surface area (Å²) in [6.07, 6.45) is 0. The Morgan fingerprint density at radius 2 is 2.05 bits per heavy atom. The van der Waals surface area contributed by atoms with Gasteiger partial charge in [0.15, 0.2) is 5.75 Å². The number of ether oxygens (including phenoxy) is 1. The molecular weight excluding hydrogens is 509 g/mol. The number of nitrogens with one attached hydrogen (secondary N) is 1. The van der Waals surface area contributed by atoms with Gasteiger partial charge in [-0.1, -0.05) is 11.6 Å². The summed E-state index contributed by atoms with van der Waals surface area (Å²) in [6, 6.07) is 5.13. The largest absolute Gasteiger partial charge is 0.491 e. The van der Waals surface area contributed by atoms with Crippen molar-refractivity contribution in [2.24, 2.45) is 0 Å². The molecule has 1 N–H and O–H groups in total. The van der Waals surface area contributed by atoms with Crippen molar-refractivity contribution in [2.75, 3.05) is 11.9 Å². The molecule has 0 saturated carbocycles. The van der Waals surface area contributed by atoms with Gasteiger partial charge in [-0.05, 0) is 72.9 Å². The van der Waals surface area contributed by atoms with Crippen molar-refractivity contribution in [1.82, 2.24) is 0 Å². The summed E-state index contributed by atoms with van der Waals surface area (Å²) in [7, 11) is 0. The van der Waals surface area contributed by atoms with Crippen molar-refractivity contribution < 1.29 is 9.53 Å². The molecule has 0 aliphatic heterocycles. The number of rotatable bonds is 4. The Balaban J connectivity index is 2.34. The third-order valence-corrected chi connectivity index (χ3v) is 5.59. The lowest BCUT2D eigenvalue weighted by atomic mass is 10.2. The highest BCUT2D eigenvalue weighted by Crippen LogP contribution is 2.38. The predicted molar refractivity (Wildman–Crippen MR) is 98.0 cm³/mol. The highest BCUT2D eigenvalue weighted by Gasteiger charge is 2.17. The molecule has 3 nitrogen and oxygen atoms in total. The van der Waals surface area contributed by atoms with Crippen LogP contribution in [0.15, 0.2) is 30.2 Å². The second-order valence-corrected chi connectivity index (χ2v) is 8.93. The molecule has 8 heteroatoms. The van der Waals surface area contributed by atoms with E-state index in [4.69, 9.17) is 16.3 Å². The van der Waals surface area contributed by atoms with Gasteiger partial charge >= 0.3 is 0 Å². The number of anilines is 1. The first kappa shape index (κ1) is 17.3. The highest BCUT2D eigenvalue weighted by molar-refractivity contribution is 9.12. The molecule has 1 aromatic heterocycles. The Labute approximate surface area is 156 Å². The predicted octanol–water partition coefficient (Wildman–Crippen LogP) is 6.34. The van der Waals surface area contributed by atoms with Crippen LogP contribution in [0.5, 0.6) is 5.75 Å². The van der Waals surface area contributed by atoms with E-state index in [1.807, 2.05) is 6.92 Å². The lowest BCUT2D eigenvalue weighted by Crippen LogP contribution is -2.13. The molecule has 112 valence electrons. The molecule has 0 spiro atoms. The minimum atomic E-state index is -0.237. The van der Waals surface area contributed by atoms with Gasteiger partial charge in [0.05, 0.1) is 29.9 Å². The van der Waals surface area contributed by atoms with Gasteiger partial charge in [0.1, 0.15) is 0 Å². The number of thiophene rings is 1. The zero-order valence-corrected chi connectivity index (χ0v) is 17.0. The average molecular weight is 518 g/mol. The van der Waals surface area contributed by atoms with Crippen LogP contribution in [0.2, 0.25) is 5.02 Å². The molecule has 0 radical (unpaired) electrons. The van der Waals surface area contributed by atoms with Crippen LogP contribution in [-0.2, 0) is 0 Å². The number of hydrogen-bond donors (Lipinski definition) is 1. The second kappa shape index (κ2) is 7.46. The molecule has 1 heterocycles. The maximum atomic E-state index is 12.4. The molecule has 0 aliphatic carbocycles. The fraction of sp³-hybridized carbons (Fsp3) is 0.154. The van der Waals surface area contributed by atoms with Crippen LogP contribution in [0.25, 0.3) is 0 Å². The van der Waals surface area contributed by atoms with E-state index >= 15 is 0 Å². The molecule has 1 amide bonds. The summed E-state index contributed by atoms with van der Waals surface area (Å²) in [5.74, 6) is 0.319. The van der Waals surface area contributed by atoms with Crippen molar-refractivity contribution in [3.8, 4) is 5.75 Å². The molecule has 1 aromatic carbocycles. The topological polar surface area (TPSA) is 38.3 Å². The van der Waals surface area contributed by atoms with Gasteiger partial charge < -0.3 is 10.1 Å². The maximum absolute atomic E-state index is 12.4. The van der Waals surface area contributed by atoms with E-state index in [1.54, 1.807) is 18.2 Å². The molecule has 0 saturated heterocycles. The lowest BCUT2D eigenvalue weighted by molar-refractivity contribution is 0.102. The van der Waals surface area contributed by atoms with Gasteiger partial charge in [0.2, 0.25) is 0 Å². The Hall–Kier alpha value is -0.0800. The van der Waals surface area contributed by atoms with Gasteiger partial charge in [-0.15, -0.1) is 11.3 Å². The highest BCUT2D eigenvalue weighted by atomic mass is 79.9. The Kier molecular flexibility index (Phi) is 6.14. The second-order valence-electron chi connectivity index (χ2n) is 3.89. The quantitative estimate of drug-likeness (QED) is 0.513. The summed E-state index contributed by atoms with van der Waals surface area (Å²) in [4.78, 5) is 12.4. The summed E-state index contributed by atoms with van der Waals surface area (Å²) >= 11 is 17.6. The van der Waals surface area contributed by atoms with E-state index in [0.29, 0.717) is 33.1 Å². The molecule has 2 rings (SSSR count). The van der Waals surface area contributed by atoms with Crippen molar-refractivity contribution in [2.45, 2.75) is 6.92 Å². The van der Waals surface area contributed by atoms with Crippen LogP contribution in [0.1, 0.15) is 17.3 Å². The number of halogens is 4. The molecule has 21 heavy (non-hydrogen) atoms. The van der Waals surface area contributed by atoms with Crippen LogP contribution in [0, 0.1) is 0 Å². The first-order valence-electron chi connectivity index (χ1n) is 5.80. The minimum absolute atomic E-state index is 0.237. The molecule has 0 unspecified atom stereocenters.